The first kappa shape index (κ1) is 13.7. The third-order valence-electron chi connectivity index (χ3n) is 4.11. The van der Waals surface area contributed by atoms with Gasteiger partial charge in [0.25, 0.3) is 0 Å². The quantitative estimate of drug-likeness (QED) is 0.834. The van der Waals surface area contributed by atoms with E-state index in [0.717, 1.165) is 52.0 Å². The minimum absolute atomic E-state index is 0.275. The molecule has 0 bridgehead atoms. The highest BCUT2D eigenvalue weighted by Crippen LogP contribution is 2.19. The van der Waals surface area contributed by atoms with Gasteiger partial charge in [0.05, 0.1) is 0 Å². The van der Waals surface area contributed by atoms with Crippen molar-refractivity contribution in [2.45, 2.75) is 45.6 Å². The van der Waals surface area contributed by atoms with Gasteiger partial charge in [0.15, 0.2) is 0 Å². The third-order valence-corrected chi connectivity index (χ3v) is 4.11. The smallest absolute Gasteiger partial charge is 0.320 e. The van der Waals surface area contributed by atoms with Gasteiger partial charge in [-0.3, -0.25) is 0 Å². The number of urea groups is 1. The number of carbonyl (C=O) groups is 1. The van der Waals surface area contributed by atoms with Crippen molar-refractivity contribution in [3.05, 3.63) is 0 Å². The van der Waals surface area contributed by atoms with Crippen LogP contribution in [-0.2, 0) is 0 Å². The Kier molecular flexibility index (Phi) is 4.87. The maximum atomic E-state index is 12.6. The van der Waals surface area contributed by atoms with Crippen LogP contribution in [0, 0.1) is 5.92 Å². The number of rotatable bonds is 3. The lowest BCUT2D eigenvalue weighted by Gasteiger charge is -2.37. The van der Waals surface area contributed by atoms with Crippen molar-refractivity contribution in [3.63, 3.8) is 0 Å². The molecule has 1 N–H and O–H groups in total. The molecule has 2 atom stereocenters. The molecule has 2 aliphatic rings. The van der Waals surface area contributed by atoms with Gasteiger partial charge >= 0.3 is 6.03 Å². The van der Waals surface area contributed by atoms with Crippen molar-refractivity contribution in [1.29, 1.82) is 0 Å². The first-order valence-corrected chi connectivity index (χ1v) is 7.48. The van der Waals surface area contributed by atoms with E-state index in [0.29, 0.717) is 12.0 Å². The predicted octanol–water partition coefficient (Wildman–Crippen LogP) is 1.91. The Bertz CT molecular complexity index is 276. The van der Waals surface area contributed by atoms with Crippen molar-refractivity contribution in [2.24, 2.45) is 5.92 Å². The van der Waals surface area contributed by atoms with E-state index in [-0.39, 0.29) is 6.03 Å². The highest BCUT2D eigenvalue weighted by molar-refractivity contribution is 5.75. The summed E-state index contributed by atoms with van der Waals surface area (Å²) in [6, 6.07) is 0.687. The van der Waals surface area contributed by atoms with Crippen LogP contribution in [-0.4, -0.2) is 54.6 Å². The second-order valence-corrected chi connectivity index (χ2v) is 5.82. The van der Waals surface area contributed by atoms with E-state index >= 15 is 0 Å². The summed E-state index contributed by atoms with van der Waals surface area (Å²) in [4.78, 5) is 16.8. The Hall–Kier alpha value is -0.770. The normalized spacial score (nSPS) is 28.4. The van der Waals surface area contributed by atoms with Gasteiger partial charge in [-0.25, -0.2) is 4.79 Å². The molecule has 2 aliphatic heterocycles. The molecule has 2 saturated heterocycles. The molecule has 0 saturated carbocycles. The van der Waals surface area contributed by atoms with Crippen LogP contribution in [0.15, 0.2) is 0 Å². The largest absolute Gasteiger partial charge is 0.324 e. The lowest BCUT2D eigenvalue weighted by molar-refractivity contribution is 0.117. The second-order valence-electron chi connectivity index (χ2n) is 5.82. The fourth-order valence-corrected chi connectivity index (χ4v) is 3.13. The van der Waals surface area contributed by atoms with Crippen LogP contribution in [0.5, 0.6) is 0 Å². The molecule has 2 fully saturated rings. The molecular weight excluding hydrogens is 226 g/mol. The predicted molar refractivity (Wildman–Crippen MR) is 73.6 cm³/mol. The van der Waals surface area contributed by atoms with E-state index in [1.165, 1.54) is 6.42 Å². The van der Waals surface area contributed by atoms with E-state index in [4.69, 9.17) is 0 Å². The van der Waals surface area contributed by atoms with Crippen LogP contribution in [0.25, 0.3) is 0 Å². The second kappa shape index (κ2) is 6.41. The van der Waals surface area contributed by atoms with Gasteiger partial charge in [0, 0.05) is 32.2 Å². The van der Waals surface area contributed by atoms with Gasteiger partial charge < -0.3 is 15.1 Å². The van der Waals surface area contributed by atoms with Crippen LogP contribution >= 0.6 is 0 Å². The summed E-state index contributed by atoms with van der Waals surface area (Å²) in [7, 11) is 0. The zero-order valence-corrected chi connectivity index (χ0v) is 11.8. The molecule has 0 spiro atoms. The first-order chi connectivity index (χ1) is 8.72. The van der Waals surface area contributed by atoms with Gasteiger partial charge in [-0.1, -0.05) is 13.8 Å². The summed E-state index contributed by atoms with van der Waals surface area (Å²) < 4.78 is 0. The number of amides is 2. The average molecular weight is 253 g/mol. The standard InChI is InChI=1S/C14H27N3O/c1-3-8-17(13-6-7-15-10-13)14(18)16-9-4-5-12(2)11-16/h12-13,15H,3-11H2,1-2H3. The van der Waals surface area contributed by atoms with Gasteiger partial charge in [0.1, 0.15) is 0 Å². The minimum atomic E-state index is 0.275. The zero-order valence-electron chi connectivity index (χ0n) is 11.8. The van der Waals surface area contributed by atoms with E-state index in [2.05, 4.69) is 29.0 Å². The molecule has 0 aromatic heterocycles. The molecule has 2 heterocycles. The monoisotopic (exact) mass is 253 g/mol. The van der Waals surface area contributed by atoms with Gasteiger partial charge in [-0.2, -0.15) is 0 Å². The minimum Gasteiger partial charge on any atom is -0.324 e. The molecule has 0 aromatic rings. The SMILES string of the molecule is CCCN(C(=O)N1CCCC(C)C1)C1CCNC1. The number of nitrogens with zero attached hydrogens (tertiary/aromatic N) is 2. The van der Waals surface area contributed by atoms with E-state index in [1.807, 2.05) is 0 Å². The van der Waals surface area contributed by atoms with E-state index in [9.17, 15) is 4.79 Å². The number of carbonyl (C=O) groups excluding carboxylic acids is 1. The molecule has 0 aliphatic carbocycles. The summed E-state index contributed by atoms with van der Waals surface area (Å²) >= 11 is 0. The molecule has 18 heavy (non-hydrogen) atoms. The zero-order chi connectivity index (χ0) is 13.0. The molecule has 4 nitrogen and oxygen atoms in total. The summed E-state index contributed by atoms with van der Waals surface area (Å²) in [5, 5.41) is 3.37. The fourth-order valence-electron chi connectivity index (χ4n) is 3.13. The van der Waals surface area contributed by atoms with Crippen molar-refractivity contribution in [2.75, 3.05) is 32.7 Å². The molecule has 4 heteroatoms. The van der Waals surface area contributed by atoms with Gasteiger partial charge in [-0.05, 0) is 38.1 Å². The Morgan fingerprint density at radius 2 is 2.28 bits per heavy atom. The summed E-state index contributed by atoms with van der Waals surface area (Å²) in [6.45, 7) is 9.21. The lowest BCUT2D eigenvalue weighted by atomic mass is 10.0. The molecule has 104 valence electrons. The van der Waals surface area contributed by atoms with Crippen LogP contribution in [0.4, 0.5) is 4.79 Å². The van der Waals surface area contributed by atoms with Crippen LogP contribution in [0.1, 0.15) is 39.5 Å². The third kappa shape index (κ3) is 3.16. The Morgan fingerprint density at radius 1 is 1.44 bits per heavy atom. The number of piperidine rings is 1. The Labute approximate surface area is 111 Å². The molecule has 2 amide bonds. The molecule has 2 rings (SSSR count). The van der Waals surface area contributed by atoms with Gasteiger partial charge in [0.2, 0.25) is 0 Å². The maximum absolute atomic E-state index is 12.6. The summed E-state index contributed by atoms with van der Waals surface area (Å²) in [5.74, 6) is 0.660. The van der Waals surface area contributed by atoms with Crippen molar-refractivity contribution >= 4 is 6.03 Å². The van der Waals surface area contributed by atoms with Crippen molar-refractivity contribution in [3.8, 4) is 0 Å². The van der Waals surface area contributed by atoms with Crippen LogP contribution < -0.4 is 5.32 Å². The van der Waals surface area contributed by atoms with E-state index < -0.39 is 0 Å². The fraction of sp³-hybridized carbons (Fsp3) is 0.929. The Balaban J connectivity index is 1.97. The van der Waals surface area contributed by atoms with Crippen molar-refractivity contribution in [1.82, 2.24) is 15.1 Å². The molecule has 0 aromatic carbocycles. The molecule has 0 radical (unpaired) electrons. The van der Waals surface area contributed by atoms with Gasteiger partial charge in [-0.15, -0.1) is 0 Å². The number of likely N-dealkylation sites (tertiary alicyclic amines) is 1. The number of hydrogen-bond acceptors (Lipinski definition) is 2. The van der Waals surface area contributed by atoms with Crippen LogP contribution in [0.3, 0.4) is 0 Å². The van der Waals surface area contributed by atoms with E-state index in [1.54, 1.807) is 0 Å². The summed E-state index contributed by atoms with van der Waals surface area (Å²) in [5.41, 5.74) is 0. The first-order valence-electron chi connectivity index (χ1n) is 7.48. The highest BCUT2D eigenvalue weighted by Gasteiger charge is 2.30. The number of hydrogen-bond donors (Lipinski definition) is 1. The highest BCUT2D eigenvalue weighted by atomic mass is 16.2. The van der Waals surface area contributed by atoms with Crippen LogP contribution in [0.2, 0.25) is 0 Å². The Morgan fingerprint density at radius 3 is 2.89 bits per heavy atom. The molecular formula is C14H27N3O. The summed E-state index contributed by atoms with van der Waals surface area (Å²) in [6.07, 6.45) is 4.58. The number of nitrogens with one attached hydrogen (secondary N) is 1. The average Bonchev–Trinajstić information content (AvgIpc) is 2.89. The topological polar surface area (TPSA) is 35.6 Å². The maximum Gasteiger partial charge on any atom is 0.320 e. The molecule has 2 unspecified atom stereocenters. The van der Waals surface area contributed by atoms with Crippen molar-refractivity contribution < 1.29 is 4.79 Å². The lowest BCUT2D eigenvalue weighted by Crippen LogP contribution is -2.51.